The van der Waals surface area contributed by atoms with Crippen LogP contribution in [-0.4, -0.2) is 13.1 Å². The highest BCUT2D eigenvalue weighted by atomic mass is 19.1. The van der Waals surface area contributed by atoms with Gasteiger partial charge in [-0.15, -0.1) is 0 Å². The fourth-order valence-electron chi connectivity index (χ4n) is 1.88. The van der Waals surface area contributed by atoms with E-state index in [1.807, 2.05) is 4.90 Å². The third-order valence-electron chi connectivity index (χ3n) is 2.67. The van der Waals surface area contributed by atoms with E-state index >= 15 is 0 Å². The molecule has 1 heterocycles. The van der Waals surface area contributed by atoms with Gasteiger partial charge in [-0.05, 0) is 24.5 Å². The smallest absolute Gasteiger partial charge is 0.146 e. The van der Waals surface area contributed by atoms with Gasteiger partial charge in [0.1, 0.15) is 11.6 Å². The third-order valence-corrected chi connectivity index (χ3v) is 2.67. The Hall–Kier alpha value is -1.12. The van der Waals surface area contributed by atoms with Crippen LogP contribution >= 0.6 is 0 Å². The summed E-state index contributed by atoms with van der Waals surface area (Å²) >= 11 is 0. The maximum absolute atomic E-state index is 13.3. The number of nitrogens with zero attached hydrogens (tertiary/aromatic N) is 1. The molecule has 1 aromatic rings. The number of hydrogen-bond acceptors (Lipinski definition) is 1. The molecule has 1 fully saturated rings. The number of benzene rings is 1. The van der Waals surface area contributed by atoms with E-state index in [9.17, 15) is 8.78 Å². The van der Waals surface area contributed by atoms with Crippen molar-refractivity contribution in [2.45, 2.75) is 13.3 Å². The first-order valence-corrected chi connectivity index (χ1v) is 4.87. The van der Waals surface area contributed by atoms with Crippen LogP contribution in [0.4, 0.5) is 14.5 Å². The van der Waals surface area contributed by atoms with Crippen molar-refractivity contribution in [3.8, 4) is 0 Å². The number of anilines is 1. The fourth-order valence-corrected chi connectivity index (χ4v) is 1.88. The van der Waals surface area contributed by atoms with E-state index in [0.717, 1.165) is 25.6 Å². The molecule has 1 aliphatic heterocycles. The van der Waals surface area contributed by atoms with Gasteiger partial charge in [0.15, 0.2) is 0 Å². The lowest BCUT2D eigenvalue weighted by molar-refractivity contribution is 0.595. The van der Waals surface area contributed by atoms with Crippen LogP contribution in [0.5, 0.6) is 0 Å². The predicted molar refractivity (Wildman–Crippen MR) is 52.4 cm³/mol. The molecule has 0 bridgehead atoms. The molecule has 0 amide bonds. The Morgan fingerprint density at radius 2 is 2.14 bits per heavy atom. The van der Waals surface area contributed by atoms with Crippen molar-refractivity contribution >= 4 is 5.69 Å². The highest BCUT2D eigenvalue weighted by Crippen LogP contribution is 2.26. The van der Waals surface area contributed by atoms with Crippen LogP contribution in [-0.2, 0) is 0 Å². The van der Waals surface area contributed by atoms with Gasteiger partial charge in [0.05, 0.1) is 5.69 Å². The van der Waals surface area contributed by atoms with Crippen molar-refractivity contribution in [2.75, 3.05) is 18.0 Å². The highest BCUT2D eigenvalue weighted by molar-refractivity contribution is 5.48. The molecule has 1 aliphatic rings. The Morgan fingerprint density at radius 3 is 2.79 bits per heavy atom. The summed E-state index contributed by atoms with van der Waals surface area (Å²) in [6.07, 6.45) is 1.05. The molecule has 0 N–H and O–H groups in total. The lowest BCUT2D eigenvalue weighted by Crippen LogP contribution is -2.20. The molecule has 1 saturated heterocycles. The van der Waals surface area contributed by atoms with Crippen LogP contribution in [0, 0.1) is 17.6 Å². The molecule has 1 aromatic carbocycles. The molecule has 2 rings (SSSR count). The Morgan fingerprint density at radius 1 is 1.36 bits per heavy atom. The summed E-state index contributed by atoms with van der Waals surface area (Å²) in [7, 11) is 0. The topological polar surface area (TPSA) is 3.24 Å². The van der Waals surface area contributed by atoms with E-state index in [-0.39, 0.29) is 11.6 Å². The van der Waals surface area contributed by atoms with Crippen molar-refractivity contribution in [1.29, 1.82) is 0 Å². The van der Waals surface area contributed by atoms with Gasteiger partial charge in [0.2, 0.25) is 0 Å². The maximum Gasteiger partial charge on any atom is 0.146 e. The zero-order valence-corrected chi connectivity index (χ0v) is 8.13. The molecule has 3 heteroatoms. The van der Waals surface area contributed by atoms with Gasteiger partial charge in [-0.25, -0.2) is 8.78 Å². The second-order valence-electron chi connectivity index (χ2n) is 3.94. The Labute approximate surface area is 82.3 Å². The Bertz CT molecular complexity index is 338. The van der Waals surface area contributed by atoms with Crippen LogP contribution in [0.15, 0.2) is 18.2 Å². The summed E-state index contributed by atoms with van der Waals surface area (Å²) in [5.74, 6) is -0.140. The van der Waals surface area contributed by atoms with Crippen LogP contribution in [0.3, 0.4) is 0 Å². The Balaban J connectivity index is 2.27. The normalized spacial score (nSPS) is 21.6. The summed E-state index contributed by atoms with van der Waals surface area (Å²) in [5, 5.41) is 0. The van der Waals surface area contributed by atoms with Gasteiger partial charge in [-0.2, -0.15) is 0 Å². The monoisotopic (exact) mass is 197 g/mol. The second-order valence-corrected chi connectivity index (χ2v) is 3.94. The van der Waals surface area contributed by atoms with Crippen molar-refractivity contribution in [3.05, 3.63) is 29.8 Å². The predicted octanol–water partition coefficient (Wildman–Crippen LogP) is 2.81. The minimum absolute atomic E-state index is 0.333. The maximum atomic E-state index is 13.3. The molecule has 0 saturated carbocycles. The SMILES string of the molecule is CC1CCN(c2cc(F)ccc2F)C1. The zero-order valence-electron chi connectivity index (χ0n) is 8.13. The molecule has 14 heavy (non-hydrogen) atoms. The van der Waals surface area contributed by atoms with E-state index < -0.39 is 0 Å². The molecule has 0 aromatic heterocycles. The van der Waals surface area contributed by atoms with Gasteiger partial charge >= 0.3 is 0 Å². The average Bonchev–Trinajstić information content (AvgIpc) is 2.56. The quantitative estimate of drug-likeness (QED) is 0.669. The first kappa shape index (κ1) is 9.44. The Kier molecular flexibility index (Phi) is 2.40. The molecule has 1 unspecified atom stereocenters. The molecule has 1 nitrogen and oxygen atoms in total. The van der Waals surface area contributed by atoms with Crippen LogP contribution in [0.2, 0.25) is 0 Å². The van der Waals surface area contributed by atoms with Crippen molar-refractivity contribution < 1.29 is 8.78 Å². The third kappa shape index (κ3) is 1.72. The summed E-state index contributed by atoms with van der Waals surface area (Å²) in [5.41, 5.74) is 0.398. The highest BCUT2D eigenvalue weighted by Gasteiger charge is 2.21. The molecule has 0 aliphatic carbocycles. The zero-order chi connectivity index (χ0) is 10.1. The minimum atomic E-state index is -0.374. The lowest BCUT2D eigenvalue weighted by Gasteiger charge is -2.18. The average molecular weight is 197 g/mol. The van der Waals surface area contributed by atoms with Gasteiger partial charge in [0, 0.05) is 19.2 Å². The van der Waals surface area contributed by atoms with Gasteiger partial charge in [-0.3, -0.25) is 0 Å². The number of hydrogen-bond donors (Lipinski definition) is 0. The first-order valence-electron chi connectivity index (χ1n) is 4.87. The second kappa shape index (κ2) is 3.56. The largest absolute Gasteiger partial charge is 0.369 e. The summed E-state index contributed by atoms with van der Waals surface area (Å²) in [6, 6.07) is 3.61. The molecular weight excluding hydrogens is 184 g/mol. The minimum Gasteiger partial charge on any atom is -0.369 e. The summed E-state index contributed by atoms with van der Waals surface area (Å²) in [4.78, 5) is 1.91. The first-order chi connectivity index (χ1) is 6.66. The van der Waals surface area contributed by atoms with Gasteiger partial charge in [0.25, 0.3) is 0 Å². The van der Waals surface area contributed by atoms with E-state index in [0.29, 0.717) is 11.6 Å². The number of rotatable bonds is 1. The van der Waals surface area contributed by atoms with Crippen molar-refractivity contribution in [3.63, 3.8) is 0 Å². The van der Waals surface area contributed by atoms with Gasteiger partial charge in [-0.1, -0.05) is 6.92 Å². The summed E-state index contributed by atoms with van der Waals surface area (Å²) in [6.45, 7) is 3.76. The molecular formula is C11H13F2N. The lowest BCUT2D eigenvalue weighted by atomic mass is 10.2. The van der Waals surface area contributed by atoms with Crippen LogP contribution < -0.4 is 4.90 Å². The molecule has 1 atom stereocenters. The summed E-state index contributed by atoms with van der Waals surface area (Å²) < 4.78 is 26.2. The fraction of sp³-hybridized carbons (Fsp3) is 0.455. The van der Waals surface area contributed by atoms with E-state index in [1.54, 1.807) is 0 Å². The van der Waals surface area contributed by atoms with Crippen LogP contribution in [0.25, 0.3) is 0 Å². The van der Waals surface area contributed by atoms with Crippen LogP contribution in [0.1, 0.15) is 13.3 Å². The molecule has 76 valence electrons. The van der Waals surface area contributed by atoms with Crippen molar-refractivity contribution in [2.24, 2.45) is 5.92 Å². The van der Waals surface area contributed by atoms with Gasteiger partial charge < -0.3 is 4.90 Å². The van der Waals surface area contributed by atoms with Crippen molar-refractivity contribution in [1.82, 2.24) is 0 Å². The standard InChI is InChI=1S/C11H13F2N/c1-8-4-5-14(7-8)11-6-9(12)2-3-10(11)13/h2-3,6,8H,4-5,7H2,1H3. The number of halogens is 2. The van der Waals surface area contributed by atoms with E-state index in [2.05, 4.69) is 6.92 Å². The van der Waals surface area contributed by atoms with E-state index in [4.69, 9.17) is 0 Å². The molecule has 0 spiro atoms. The molecule has 0 radical (unpaired) electrons. The van der Waals surface area contributed by atoms with E-state index in [1.165, 1.54) is 12.1 Å².